The van der Waals surface area contributed by atoms with Crippen LogP contribution in [0.3, 0.4) is 0 Å². The third-order valence-electron chi connectivity index (χ3n) is 2.21. The van der Waals surface area contributed by atoms with E-state index in [9.17, 15) is 0 Å². The van der Waals surface area contributed by atoms with E-state index >= 15 is 0 Å². The normalized spacial score (nSPS) is 11.2. The molecule has 0 aliphatic heterocycles. The van der Waals surface area contributed by atoms with Crippen molar-refractivity contribution in [2.75, 3.05) is 0 Å². The molecule has 0 radical (unpaired) electrons. The maximum absolute atomic E-state index is 5.54. The molecule has 0 saturated heterocycles. The van der Waals surface area contributed by atoms with E-state index in [1.807, 2.05) is 29.6 Å². The standard InChI is InChI=1S/C12H13N5S/c13-11(14)17-12(15)16-10-3-1-8(2-4-10)9-5-6-18-7-9/h1-7H,(H6,13,14,15,16,17). The van der Waals surface area contributed by atoms with Crippen LogP contribution in [0.2, 0.25) is 0 Å². The van der Waals surface area contributed by atoms with Gasteiger partial charge in [-0.1, -0.05) is 12.1 Å². The van der Waals surface area contributed by atoms with Crippen LogP contribution in [0.5, 0.6) is 0 Å². The average molecular weight is 259 g/mol. The zero-order chi connectivity index (χ0) is 13.0. The van der Waals surface area contributed by atoms with Gasteiger partial charge < -0.3 is 17.2 Å². The highest BCUT2D eigenvalue weighted by Gasteiger charge is 1.98. The molecule has 6 heteroatoms. The van der Waals surface area contributed by atoms with E-state index in [0.717, 1.165) is 5.56 Å². The average Bonchev–Trinajstić information content (AvgIpc) is 2.82. The molecule has 1 aromatic heterocycles. The van der Waals surface area contributed by atoms with Crippen LogP contribution in [-0.2, 0) is 0 Å². The topological polar surface area (TPSA) is 103 Å². The predicted molar refractivity (Wildman–Crippen MR) is 76.8 cm³/mol. The Morgan fingerprint density at radius 1 is 0.944 bits per heavy atom. The summed E-state index contributed by atoms with van der Waals surface area (Å²) in [6, 6.07) is 9.74. The summed E-state index contributed by atoms with van der Waals surface area (Å²) in [4.78, 5) is 7.72. The van der Waals surface area contributed by atoms with Crippen LogP contribution in [0, 0.1) is 0 Å². The maximum Gasteiger partial charge on any atom is 0.223 e. The fourth-order valence-corrected chi connectivity index (χ4v) is 2.11. The summed E-state index contributed by atoms with van der Waals surface area (Å²) in [6.07, 6.45) is 0. The summed E-state index contributed by atoms with van der Waals surface area (Å²) in [5.74, 6) is -0.0653. The van der Waals surface area contributed by atoms with Gasteiger partial charge in [-0.05, 0) is 40.1 Å². The number of benzene rings is 1. The molecule has 1 heterocycles. The molecule has 0 bridgehead atoms. The molecule has 0 amide bonds. The highest BCUT2D eigenvalue weighted by Crippen LogP contribution is 2.24. The lowest BCUT2D eigenvalue weighted by Gasteiger charge is -1.99. The number of hydrogen-bond acceptors (Lipinski definition) is 2. The van der Waals surface area contributed by atoms with E-state index in [-0.39, 0.29) is 11.9 Å². The van der Waals surface area contributed by atoms with Crippen molar-refractivity contribution in [3.8, 4) is 11.1 Å². The van der Waals surface area contributed by atoms with Gasteiger partial charge in [-0.2, -0.15) is 16.3 Å². The Balaban J connectivity index is 2.21. The maximum atomic E-state index is 5.54. The van der Waals surface area contributed by atoms with Crippen LogP contribution in [-0.4, -0.2) is 11.9 Å². The fourth-order valence-electron chi connectivity index (χ4n) is 1.45. The molecule has 92 valence electrons. The molecule has 2 aromatic rings. The SMILES string of the molecule is NC(N)=NC(N)=Nc1ccc(-c2ccsc2)cc1. The van der Waals surface area contributed by atoms with Gasteiger partial charge in [-0.15, -0.1) is 0 Å². The van der Waals surface area contributed by atoms with Gasteiger partial charge >= 0.3 is 0 Å². The number of hydrogen-bond donors (Lipinski definition) is 3. The van der Waals surface area contributed by atoms with E-state index in [1.54, 1.807) is 11.3 Å². The first kappa shape index (κ1) is 12.1. The zero-order valence-corrected chi connectivity index (χ0v) is 10.4. The molecule has 0 spiro atoms. The minimum atomic E-state index is -0.105. The van der Waals surface area contributed by atoms with Crippen LogP contribution in [0.4, 0.5) is 5.69 Å². The van der Waals surface area contributed by atoms with Gasteiger partial charge in [0.1, 0.15) is 0 Å². The first-order valence-corrected chi connectivity index (χ1v) is 6.16. The van der Waals surface area contributed by atoms with Crippen LogP contribution < -0.4 is 17.2 Å². The van der Waals surface area contributed by atoms with Crippen molar-refractivity contribution < 1.29 is 0 Å². The summed E-state index contributed by atoms with van der Waals surface area (Å²) in [7, 11) is 0. The summed E-state index contributed by atoms with van der Waals surface area (Å²) >= 11 is 1.66. The molecule has 6 N–H and O–H groups in total. The van der Waals surface area contributed by atoms with Gasteiger partial charge in [0.15, 0.2) is 5.96 Å². The molecule has 0 saturated carbocycles. The van der Waals surface area contributed by atoms with Gasteiger partial charge in [0, 0.05) is 0 Å². The van der Waals surface area contributed by atoms with Crippen molar-refractivity contribution in [2.24, 2.45) is 27.2 Å². The lowest BCUT2D eigenvalue weighted by molar-refractivity contribution is 1.38. The second kappa shape index (κ2) is 5.33. The lowest BCUT2D eigenvalue weighted by Crippen LogP contribution is -2.26. The summed E-state index contributed by atoms with van der Waals surface area (Å²) in [6.45, 7) is 0. The van der Waals surface area contributed by atoms with Crippen molar-refractivity contribution >= 4 is 28.9 Å². The highest BCUT2D eigenvalue weighted by molar-refractivity contribution is 7.08. The molecule has 0 unspecified atom stereocenters. The number of guanidine groups is 2. The minimum absolute atomic E-state index is 0.0401. The molecule has 0 aliphatic rings. The number of aliphatic imine (C=N–C) groups is 2. The first-order chi connectivity index (χ1) is 8.65. The van der Waals surface area contributed by atoms with Gasteiger partial charge in [0.2, 0.25) is 5.96 Å². The minimum Gasteiger partial charge on any atom is -0.370 e. The van der Waals surface area contributed by atoms with Crippen molar-refractivity contribution in [3.05, 3.63) is 41.1 Å². The fraction of sp³-hybridized carbons (Fsp3) is 0. The summed E-state index contributed by atoms with van der Waals surface area (Å²) < 4.78 is 0. The van der Waals surface area contributed by atoms with E-state index in [0.29, 0.717) is 5.69 Å². The van der Waals surface area contributed by atoms with Crippen molar-refractivity contribution in [1.29, 1.82) is 0 Å². The Labute approximate surface area is 109 Å². The van der Waals surface area contributed by atoms with E-state index in [2.05, 4.69) is 21.4 Å². The molecule has 0 atom stereocenters. The predicted octanol–water partition coefficient (Wildman–Crippen LogP) is 1.63. The number of thiophene rings is 1. The van der Waals surface area contributed by atoms with Gasteiger partial charge in [0.05, 0.1) is 5.69 Å². The monoisotopic (exact) mass is 259 g/mol. The van der Waals surface area contributed by atoms with Crippen molar-refractivity contribution in [1.82, 2.24) is 0 Å². The van der Waals surface area contributed by atoms with E-state index < -0.39 is 0 Å². The Kier molecular flexibility index (Phi) is 3.59. The highest BCUT2D eigenvalue weighted by atomic mass is 32.1. The first-order valence-electron chi connectivity index (χ1n) is 5.21. The zero-order valence-electron chi connectivity index (χ0n) is 9.58. The number of nitrogens with zero attached hydrogens (tertiary/aromatic N) is 2. The molecule has 18 heavy (non-hydrogen) atoms. The number of rotatable bonds is 2. The van der Waals surface area contributed by atoms with Crippen LogP contribution >= 0.6 is 11.3 Å². The third-order valence-corrected chi connectivity index (χ3v) is 2.89. The van der Waals surface area contributed by atoms with Crippen molar-refractivity contribution in [2.45, 2.75) is 0 Å². The molecule has 0 aliphatic carbocycles. The van der Waals surface area contributed by atoms with Gasteiger partial charge in [-0.3, -0.25) is 0 Å². The quantitative estimate of drug-likeness (QED) is 0.564. The summed E-state index contributed by atoms with van der Waals surface area (Å²) in [5, 5.41) is 4.13. The second-order valence-corrected chi connectivity index (χ2v) is 4.35. The van der Waals surface area contributed by atoms with Gasteiger partial charge in [0.25, 0.3) is 0 Å². The Hall–Kier alpha value is -2.34. The molecule has 1 aromatic carbocycles. The molecular formula is C12H13N5S. The lowest BCUT2D eigenvalue weighted by atomic mass is 10.1. The second-order valence-electron chi connectivity index (χ2n) is 3.57. The molecular weight excluding hydrogens is 246 g/mol. The van der Waals surface area contributed by atoms with Crippen LogP contribution in [0.15, 0.2) is 51.1 Å². The van der Waals surface area contributed by atoms with Gasteiger partial charge in [-0.25, -0.2) is 4.99 Å². The van der Waals surface area contributed by atoms with Crippen LogP contribution in [0.1, 0.15) is 0 Å². The summed E-state index contributed by atoms with van der Waals surface area (Å²) in [5.41, 5.74) is 19.0. The third kappa shape index (κ3) is 3.08. The van der Waals surface area contributed by atoms with Crippen molar-refractivity contribution in [3.63, 3.8) is 0 Å². The molecule has 2 rings (SSSR count). The Bertz CT molecular complexity index is 565. The smallest absolute Gasteiger partial charge is 0.223 e. The molecule has 5 nitrogen and oxygen atoms in total. The van der Waals surface area contributed by atoms with Crippen LogP contribution in [0.25, 0.3) is 11.1 Å². The Morgan fingerprint density at radius 3 is 2.22 bits per heavy atom. The molecule has 0 fully saturated rings. The van der Waals surface area contributed by atoms with E-state index in [4.69, 9.17) is 17.2 Å². The number of nitrogens with two attached hydrogens (primary N) is 3. The largest absolute Gasteiger partial charge is 0.370 e. The Morgan fingerprint density at radius 2 is 1.67 bits per heavy atom. The van der Waals surface area contributed by atoms with E-state index in [1.165, 1.54) is 5.56 Å².